The van der Waals surface area contributed by atoms with Gasteiger partial charge in [0.25, 0.3) is 0 Å². The van der Waals surface area contributed by atoms with Crippen LogP contribution in [0.3, 0.4) is 0 Å². The number of aliphatic carboxylic acids is 1. The van der Waals surface area contributed by atoms with Crippen molar-refractivity contribution >= 4 is 11.9 Å². The Hall–Kier alpha value is -1.96. The van der Waals surface area contributed by atoms with Gasteiger partial charge in [0.2, 0.25) is 5.91 Å². The number of aromatic nitrogens is 3. The minimum atomic E-state index is -1.96. The summed E-state index contributed by atoms with van der Waals surface area (Å²) in [5.74, 6) is -1.74. The predicted octanol–water partition coefficient (Wildman–Crippen LogP) is -1.38. The molecule has 1 aromatic rings. The second kappa shape index (κ2) is 5.39. The van der Waals surface area contributed by atoms with Crippen LogP contribution in [0.25, 0.3) is 0 Å². The molecule has 0 saturated heterocycles. The van der Waals surface area contributed by atoms with E-state index in [4.69, 9.17) is 5.11 Å². The normalized spacial score (nSPS) is 14.0. The summed E-state index contributed by atoms with van der Waals surface area (Å²) >= 11 is 0. The molecule has 0 aromatic carbocycles. The van der Waals surface area contributed by atoms with Crippen LogP contribution < -0.4 is 5.32 Å². The third kappa shape index (κ3) is 4.19. The number of amides is 1. The van der Waals surface area contributed by atoms with Crippen LogP contribution in [0.1, 0.15) is 13.3 Å². The molecule has 1 atom stereocenters. The third-order valence-electron chi connectivity index (χ3n) is 2.13. The standard InChI is InChI=1S/C9H14N4O4/c1-9(17,8(15)16)4-11-7(14)2-3-13-6-10-5-12-13/h5-6,17H,2-4H2,1H3,(H,11,14)(H,15,16). The lowest BCUT2D eigenvalue weighted by atomic mass is 10.1. The summed E-state index contributed by atoms with van der Waals surface area (Å²) in [6.45, 7) is 1.13. The van der Waals surface area contributed by atoms with E-state index in [9.17, 15) is 14.7 Å². The number of carboxylic acid groups (broad SMARTS) is 1. The van der Waals surface area contributed by atoms with Crippen molar-refractivity contribution in [1.29, 1.82) is 0 Å². The molecule has 0 bridgehead atoms. The molecule has 17 heavy (non-hydrogen) atoms. The maximum Gasteiger partial charge on any atom is 0.337 e. The van der Waals surface area contributed by atoms with Crippen molar-refractivity contribution in [2.24, 2.45) is 0 Å². The van der Waals surface area contributed by atoms with Gasteiger partial charge in [-0.1, -0.05) is 0 Å². The molecule has 1 amide bonds. The van der Waals surface area contributed by atoms with E-state index in [2.05, 4.69) is 15.4 Å². The lowest BCUT2D eigenvalue weighted by Gasteiger charge is -2.18. The van der Waals surface area contributed by atoms with Gasteiger partial charge in [-0.2, -0.15) is 5.10 Å². The molecule has 94 valence electrons. The highest BCUT2D eigenvalue weighted by atomic mass is 16.4. The molecule has 0 aliphatic rings. The SMILES string of the molecule is CC(O)(CNC(=O)CCn1cncn1)C(=O)O. The van der Waals surface area contributed by atoms with Crippen LogP contribution in [0.4, 0.5) is 0 Å². The first-order valence-corrected chi connectivity index (χ1v) is 4.97. The molecule has 0 radical (unpaired) electrons. The van der Waals surface area contributed by atoms with Crippen molar-refractivity contribution in [3.05, 3.63) is 12.7 Å². The van der Waals surface area contributed by atoms with E-state index in [1.54, 1.807) is 0 Å². The van der Waals surface area contributed by atoms with Crippen LogP contribution in [0, 0.1) is 0 Å². The number of carboxylic acids is 1. The van der Waals surface area contributed by atoms with Gasteiger partial charge >= 0.3 is 5.97 Å². The fourth-order valence-electron chi connectivity index (χ4n) is 0.999. The number of nitrogens with one attached hydrogen (secondary N) is 1. The van der Waals surface area contributed by atoms with Crippen LogP contribution >= 0.6 is 0 Å². The maximum atomic E-state index is 11.3. The minimum absolute atomic E-state index is 0.138. The van der Waals surface area contributed by atoms with E-state index < -0.39 is 11.6 Å². The Morgan fingerprint density at radius 3 is 2.76 bits per heavy atom. The number of hydrogen-bond donors (Lipinski definition) is 3. The highest BCUT2D eigenvalue weighted by molar-refractivity contribution is 5.80. The molecular formula is C9H14N4O4. The minimum Gasteiger partial charge on any atom is -0.479 e. The molecule has 1 rings (SSSR count). The van der Waals surface area contributed by atoms with Crippen LogP contribution in [0.2, 0.25) is 0 Å². The van der Waals surface area contributed by atoms with Crippen molar-refractivity contribution < 1.29 is 19.8 Å². The monoisotopic (exact) mass is 242 g/mol. The zero-order valence-electron chi connectivity index (χ0n) is 9.33. The number of aliphatic hydroxyl groups is 1. The van der Waals surface area contributed by atoms with Crippen molar-refractivity contribution in [1.82, 2.24) is 20.1 Å². The summed E-state index contributed by atoms with van der Waals surface area (Å²) in [6.07, 6.45) is 2.97. The summed E-state index contributed by atoms with van der Waals surface area (Å²) in [5, 5.41) is 24.1. The summed E-state index contributed by atoms with van der Waals surface area (Å²) < 4.78 is 1.48. The highest BCUT2D eigenvalue weighted by Gasteiger charge is 2.30. The number of aryl methyl sites for hydroxylation is 1. The molecule has 0 fully saturated rings. The van der Waals surface area contributed by atoms with E-state index in [1.165, 1.54) is 17.3 Å². The van der Waals surface area contributed by atoms with Gasteiger partial charge in [0, 0.05) is 6.42 Å². The predicted molar refractivity (Wildman–Crippen MR) is 55.9 cm³/mol. The maximum absolute atomic E-state index is 11.3. The Morgan fingerprint density at radius 1 is 1.53 bits per heavy atom. The first kappa shape index (κ1) is 13.1. The molecule has 1 heterocycles. The molecule has 8 nitrogen and oxygen atoms in total. The summed E-state index contributed by atoms with van der Waals surface area (Å²) in [6, 6.07) is 0. The van der Waals surface area contributed by atoms with Gasteiger partial charge in [0.05, 0.1) is 13.1 Å². The van der Waals surface area contributed by atoms with Crippen LogP contribution in [-0.2, 0) is 16.1 Å². The van der Waals surface area contributed by atoms with Gasteiger partial charge in [-0.25, -0.2) is 9.78 Å². The fraction of sp³-hybridized carbons (Fsp3) is 0.556. The van der Waals surface area contributed by atoms with Gasteiger partial charge in [0.15, 0.2) is 5.60 Å². The topological polar surface area (TPSA) is 117 Å². The summed E-state index contributed by atoms with van der Waals surface area (Å²) in [5.41, 5.74) is -1.96. The summed E-state index contributed by atoms with van der Waals surface area (Å²) in [4.78, 5) is 25.6. The van der Waals surface area contributed by atoms with E-state index in [1.807, 2.05) is 0 Å². The van der Waals surface area contributed by atoms with Gasteiger partial charge < -0.3 is 15.5 Å². The first-order chi connectivity index (χ1) is 7.92. The van der Waals surface area contributed by atoms with E-state index in [0.29, 0.717) is 6.54 Å². The lowest BCUT2D eigenvalue weighted by Crippen LogP contribution is -2.46. The number of hydrogen-bond acceptors (Lipinski definition) is 5. The fourth-order valence-corrected chi connectivity index (χ4v) is 0.999. The second-order valence-corrected chi connectivity index (χ2v) is 3.76. The van der Waals surface area contributed by atoms with Crippen LogP contribution in [-0.4, -0.2) is 49.0 Å². The van der Waals surface area contributed by atoms with Gasteiger partial charge in [0.1, 0.15) is 12.7 Å². The molecule has 8 heteroatoms. The Balaban J connectivity index is 2.28. The molecular weight excluding hydrogens is 228 g/mol. The number of carbonyl (C=O) groups excluding carboxylic acids is 1. The molecule has 0 aliphatic carbocycles. The molecule has 3 N–H and O–H groups in total. The summed E-state index contributed by atoms with van der Waals surface area (Å²) in [7, 11) is 0. The van der Waals surface area contributed by atoms with Crippen LogP contribution in [0.15, 0.2) is 12.7 Å². The molecule has 0 aliphatic heterocycles. The van der Waals surface area contributed by atoms with E-state index in [-0.39, 0.29) is 18.9 Å². The smallest absolute Gasteiger partial charge is 0.337 e. The van der Waals surface area contributed by atoms with Crippen molar-refractivity contribution in [3.63, 3.8) is 0 Å². The van der Waals surface area contributed by atoms with Crippen molar-refractivity contribution in [2.75, 3.05) is 6.54 Å². The Bertz CT molecular complexity index is 388. The first-order valence-electron chi connectivity index (χ1n) is 4.97. The van der Waals surface area contributed by atoms with Gasteiger partial charge in [-0.05, 0) is 6.92 Å². The van der Waals surface area contributed by atoms with E-state index >= 15 is 0 Å². The highest BCUT2D eigenvalue weighted by Crippen LogP contribution is 2.00. The number of nitrogens with zero attached hydrogens (tertiary/aromatic N) is 3. The zero-order valence-corrected chi connectivity index (χ0v) is 9.33. The second-order valence-electron chi connectivity index (χ2n) is 3.76. The van der Waals surface area contributed by atoms with Gasteiger partial charge in [-0.3, -0.25) is 9.48 Å². The largest absolute Gasteiger partial charge is 0.479 e. The Morgan fingerprint density at radius 2 is 2.24 bits per heavy atom. The molecule has 1 aromatic heterocycles. The zero-order chi connectivity index (χ0) is 12.9. The number of carbonyl (C=O) groups is 2. The quantitative estimate of drug-likeness (QED) is 0.566. The molecule has 0 spiro atoms. The lowest BCUT2D eigenvalue weighted by molar-refractivity contribution is -0.156. The van der Waals surface area contributed by atoms with Crippen molar-refractivity contribution in [2.45, 2.75) is 25.5 Å². The average molecular weight is 242 g/mol. The average Bonchev–Trinajstić information content (AvgIpc) is 2.76. The number of rotatable bonds is 6. The molecule has 1 unspecified atom stereocenters. The molecule has 0 saturated carbocycles. The van der Waals surface area contributed by atoms with Crippen LogP contribution in [0.5, 0.6) is 0 Å². The Kier molecular flexibility index (Phi) is 4.16. The van der Waals surface area contributed by atoms with E-state index in [0.717, 1.165) is 6.92 Å². The Labute approximate surface area is 97.3 Å². The van der Waals surface area contributed by atoms with Gasteiger partial charge in [-0.15, -0.1) is 0 Å². The third-order valence-corrected chi connectivity index (χ3v) is 2.13. The van der Waals surface area contributed by atoms with Crippen molar-refractivity contribution in [3.8, 4) is 0 Å².